The van der Waals surface area contributed by atoms with Gasteiger partial charge in [-0.25, -0.2) is 8.78 Å². The Morgan fingerprint density at radius 3 is 2.53 bits per heavy atom. The first-order chi connectivity index (χ1) is 9.19. The molecule has 0 heterocycles. The van der Waals surface area contributed by atoms with Crippen molar-refractivity contribution in [1.82, 2.24) is 5.32 Å². The zero-order valence-corrected chi connectivity index (χ0v) is 12.1. The van der Waals surface area contributed by atoms with E-state index in [9.17, 15) is 8.78 Å². The van der Waals surface area contributed by atoms with Gasteiger partial charge < -0.3 is 5.32 Å². The van der Waals surface area contributed by atoms with E-state index in [1.165, 1.54) is 36.6 Å². The summed E-state index contributed by atoms with van der Waals surface area (Å²) in [6, 6.07) is 8.78. The van der Waals surface area contributed by atoms with Crippen LogP contribution in [0.15, 0.2) is 29.2 Å². The summed E-state index contributed by atoms with van der Waals surface area (Å²) in [5, 5.41) is 3.53. The van der Waals surface area contributed by atoms with Crippen LogP contribution >= 0.6 is 11.8 Å². The number of benzene rings is 1. The van der Waals surface area contributed by atoms with Crippen molar-refractivity contribution in [2.24, 2.45) is 0 Å². The van der Waals surface area contributed by atoms with Gasteiger partial charge in [-0.15, -0.1) is 11.8 Å². The molecule has 1 nitrogen and oxygen atoms in total. The molecule has 2 rings (SSSR count). The van der Waals surface area contributed by atoms with Gasteiger partial charge in [0.2, 0.25) is 6.43 Å². The topological polar surface area (TPSA) is 12.0 Å². The maximum Gasteiger partial charge on any atom is 0.247 e. The summed E-state index contributed by atoms with van der Waals surface area (Å²) < 4.78 is 24.2. The molecule has 1 aliphatic rings. The summed E-state index contributed by atoms with van der Waals surface area (Å²) in [5.74, 6) is 0.523. The van der Waals surface area contributed by atoms with Crippen molar-refractivity contribution < 1.29 is 8.78 Å². The summed E-state index contributed by atoms with van der Waals surface area (Å²) in [7, 11) is 0. The molecule has 0 atom stereocenters. The minimum Gasteiger partial charge on any atom is -0.314 e. The quantitative estimate of drug-likeness (QED) is 0.750. The van der Waals surface area contributed by atoms with Gasteiger partial charge in [-0.05, 0) is 49.4 Å². The van der Waals surface area contributed by atoms with Crippen molar-refractivity contribution >= 4 is 11.8 Å². The van der Waals surface area contributed by atoms with Crippen molar-refractivity contribution in [2.75, 3.05) is 12.3 Å². The number of hydrogen-bond acceptors (Lipinski definition) is 2. The van der Waals surface area contributed by atoms with Gasteiger partial charge in [0.05, 0.1) is 5.75 Å². The van der Waals surface area contributed by atoms with E-state index in [-0.39, 0.29) is 5.75 Å². The fourth-order valence-electron chi connectivity index (χ4n) is 2.40. The van der Waals surface area contributed by atoms with E-state index in [1.54, 1.807) is 0 Å². The van der Waals surface area contributed by atoms with Crippen LogP contribution in [0.25, 0.3) is 0 Å². The van der Waals surface area contributed by atoms with Gasteiger partial charge >= 0.3 is 0 Å². The molecule has 1 N–H and O–H groups in total. The highest BCUT2D eigenvalue weighted by molar-refractivity contribution is 7.99. The molecule has 0 aliphatic heterocycles. The Labute approximate surface area is 118 Å². The third-order valence-electron chi connectivity index (χ3n) is 3.55. The van der Waals surface area contributed by atoms with Crippen LogP contribution < -0.4 is 5.32 Å². The smallest absolute Gasteiger partial charge is 0.247 e. The SMILES string of the molecule is CCCNC1CC(c2ccc(SCC(F)F)cc2)C1. The number of thioether (sulfide) groups is 1. The summed E-state index contributed by atoms with van der Waals surface area (Å²) in [6.07, 6.45) is 1.34. The van der Waals surface area contributed by atoms with Gasteiger partial charge in [0.25, 0.3) is 0 Å². The summed E-state index contributed by atoms with van der Waals surface area (Å²) in [4.78, 5) is 0.934. The molecule has 1 saturated carbocycles. The third-order valence-corrected chi connectivity index (χ3v) is 4.57. The monoisotopic (exact) mass is 285 g/mol. The van der Waals surface area contributed by atoms with Crippen molar-refractivity contribution in [3.63, 3.8) is 0 Å². The minimum atomic E-state index is -2.23. The molecular formula is C15H21F2NS. The molecule has 0 bridgehead atoms. The zero-order valence-electron chi connectivity index (χ0n) is 11.2. The first kappa shape index (κ1) is 14.8. The highest BCUT2D eigenvalue weighted by Gasteiger charge is 2.29. The maximum absolute atomic E-state index is 12.1. The van der Waals surface area contributed by atoms with Gasteiger partial charge in [-0.2, -0.15) is 0 Å². The lowest BCUT2D eigenvalue weighted by molar-refractivity contribution is 0.177. The standard InChI is InChI=1S/C15H21F2NS/c1-2-7-18-13-8-12(9-13)11-3-5-14(6-4-11)19-10-15(16)17/h3-6,12-13,15,18H,2,7-10H2,1H3. The lowest BCUT2D eigenvalue weighted by atomic mass is 9.76. The molecule has 1 aromatic rings. The van der Waals surface area contributed by atoms with Gasteiger partial charge in [0.1, 0.15) is 0 Å². The van der Waals surface area contributed by atoms with E-state index in [1.807, 2.05) is 12.1 Å². The second-order valence-electron chi connectivity index (χ2n) is 5.09. The molecule has 0 spiro atoms. The van der Waals surface area contributed by atoms with Gasteiger partial charge in [0, 0.05) is 10.9 Å². The van der Waals surface area contributed by atoms with E-state index >= 15 is 0 Å². The molecule has 0 radical (unpaired) electrons. The number of nitrogens with one attached hydrogen (secondary N) is 1. The lowest BCUT2D eigenvalue weighted by Crippen LogP contribution is -2.40. The molecule has 0 saturated heterocycles. The van der Waals surface area contributed by atoms with Crippen LogP contribution in [0, 0.1) is 0 Å². The Hall–Kier alpha value is -0.610. The largest absolute Gasteiger partial charge is 0.314 e. The summed E-state index contributed by atoms with van der Waals surface area (Å²) in [5.41, 5.74) is 1.34. The Kier molecular flexibility index (Phi) is 5.64. The maximum atomic E-state index is 12.1. The summed E-state index contributed by atoms with van der Waals surface area (Å²) in [6.45, 7) is 3.28. The molecule has 1 fully saturated rings. The highest BCUT2D eigenvalue weighted by Crippen LogP contribution is 2.37. The van der Waals surface area contributed by atoms with Gasteiger partial charge in [-0.3, -0.25) is 0 Å². The predicted molar refractivity (Wildman–Crippen MR) is 77.2 cm³/mol. The number of alkyl halides is 2. The van der Waals surface area contributed by atoms with Crippen LogP contribution in [0.5, 0.6) is 0 Å². The average Bonchev–Trinajstić information content (AvgIpc) is 2.36. The lowest BCUT2D eigenvalue weighted by Gasteiger charge is -2.36. The number of rotatable bonds is 7. The first-order valence-electron chi connectivity index (χ1n) is 6.93. The molecule has 106 valence electrons. The van der Waals surface area contributed by atoms with Crippen LogP contribution in [-0.2, 0) is 0 Å². The average molecular weight is 285 g/mol. The molecule has 0 amide bonds. The first-order valence-corrected chi connectivity index (χ1v) is 7.92. The van der Waals surface area contributed by atoms with Crippen molar-refractivity contribution in [1.29, 1.82) is 0 Å². The molecule has 4 heteroatoms. The van der Waals surface area contributed by atoms with Crippen LogP contribution in [0.2, 0.25) is 0 Å². The molecule has 1 aromatic carbocycles. The second-order valence-corrected chi connectivity index (χ2v) is 6.18. The van der Waals surface area contributed by atoms with Crippen LogP contribution in [0.3, 0.4) is 0 Å². The Balaban J connectivity index is 1.77. The fourth-order valence-corrected chi connectivity index (χ4v) is 3.05. The molecule has 0 unspecified atom stereocenters. The van der Waals surface area contributed by atoms with Crippen molar-refractivity contribution in [3.05, 3.63) is 29.8 Å². The Bertz CT molecular complexity index is 374. The van der Waals surface area contributed by atoms with Crippen LogP contribution in [0.1, 0.15) is 37.7 Å². The normalized spacial score (nSPS) is 22.5. The van der Waals surface area contributed by atoms with E-state index in [2.05, 4.69) is 24.4 Å². The van der Waals surface area contributed by atoms with E-state index in [0.717, 1.165) is 11.4 Å². The molecular weight excluding hydrogens is 264 g/mol. The van der Waals surface area contributed by atoms with Gasteiger partial charge in [0.15, 0.2) is 0 Å². The molecule has 0 aromatic heterocycles. The highest BCUT2D eigenvalue weighted by atomic mass is 32.2. The minimum absolute atomic E-state index is 0.119. The Morgan fingerprint density at radius 2 is 1.95 bits per heavy atom. The number of hydrogen-bond donors (Lipinski definition) is 1. The van der Waals surface area contributed by atoms with E-state index < -0.39 is 6.43 Å². The zero-order chi connectivity index (χ0) is 13.7. The van der Waals surface area contributed by atoms with E-state index in [4.69, 9.17) is 0 Å². The van der Waals surface area contributed by atoms with Crippen molar-refractivity contribution in [2.45, 2.75) is 49.5 Å². The predicted octanol–water partition coefficient (Wildman–Crippen LogP) is 4.29. The Morgan fingerprint density at radius 1 is 1.26 bits per heavy atom. The molecule has 19 heavy (non-hydrogen) atoms. The third kappa shape index (κ3) is 4.46. The van der Waals surface area contributed by atoms with Gasteiger partial charge in [-0.1, -0.05) is 19.1 Å². The van der Waals surface area contributed by atoms with E-state index in [0.29, 0.717) is 12.0 Å². The summed E-state index contributed by atoms with van der Waals surface area (Å²) >= 11 is 1.22. The molecule has 1 aliphatic carbocycles. The van der Waals surface area contributed by atoms with Crippen LogP contribution in [-0.4, -0.2) is 24.8 Å². The number of halogens is 2. The fraction of sp³-hybridized carbons (Fsp3) is 0.600. The second kappa shape index (κ2) is 7.25. The van der Waals surface area contributed by atoms with Crippen LogP contribution in [0.4, 0.5) is 8.78 Å². The van der Waals surface area contributed by atoms with Crippen molar-refractivity contribution in [3.8, 4) is 0 Å².